The summed E-state index contributed by atoms with van der Waals surface area (Å²) in [4.78, 5) is 10.8. The van der Waals surface area contributed by atoms with Gasteiger partial charge in [0.15, 0.2) is 0 Å². The first kappa shape index (κ1) is 15.7. The number of hydrogen-bond donors (Lipinski definition) is 1. The van der Waals surface area contributed by atoms with Crippen molar-refractivity contribution < 1.29 is 27.8 Å². The van der Waals surface area contributed by atoms with Crippen LogP contribution in [0, 0.1) is 0 Å². The number of hydrogen-bond acceptors (Lipinski definition) is 5. The molecule has 0 spiro atoms. The van der Waals surface area contributed by atoms with Gasteiger partial charge in [0.2, 0.25) is 0 Å². The third kappa shape index (κ3) is 4.38. The first-order chi connectivity index (χ1) is 8.75. The summed E-state index contributed by atoms with van der Waals surface area (Å²) in [6, 6.07) is 3.40. The second-order valence-electron chi connectivity index (χ2n) is 3.78. The van der Waals surface area contributed by atoms with E-state index in [1.54, 1.807) is 6.92 Å². The largest absolute Gasteiger partial charge is 0.487 e. The molecule has 1 unspecified atom stereocenters. The van der Waals surface area contributed by atoms with Crippen molar-refractivity contribution in [3.8, 4) is 5.75 Å². The number of halogens is 1. The van der Waals surface area contributed by atoms with Crippen molar-refractivity contribution in [3.63, 3.8) is 0 Å². The molecule has 0 heterocycles. The number of benzene rings is 1. The maximum absolute atomic E-state index is 11.2. The third-order valence-corrected chi connectivity index (χ3v) is 3.54. The lowest BCUT2D eigenvalue weighted by atomic mass is 10.2. The van der Waals surface area contributed by atoms with Crippen LogP contribution in [0.15, 0.2) is 23.1 Å². The second kappa shape index (κ2) is 6.23. The van der Waals surface area contributed by atoms with Crippen molar-refractivity contribution in [2.24, 2.45) is 0 Å². The Morgan fingerprint density at radius 3 is 2.58 bits per heavy atom. The van der Waals surface area contributed by atoms with Crippen LogP contribution in [0.25, 0.3) is 0 Å². The SMILES string of the molecule is COCC(C)Oc1ccc(S(=O)(=O)Cl)cc1C(=O)O. The summed E-state index contributed by atoms with van der Waals surface area (Å²) >= 11 is 0. The topological polar surface area (TPSA) is 89.9 Å². The Morgan fingerprint density at radius 1 is 1.47 bits per heavy atom. The molecule has 0 saturated carbocycles. The summed E-state index contributed by atoms with van der Waals surface area (Å²) in [6.45, 7) is 1.97. The molecular weight excluding hydrogens is 296 g/mol. The van der Waals surface area contributed by atoms with Gasteiger partial charge in [-0.1, -0.05) is 0 Å². The standard InChI is InChI=1S/C11H13ClO6S/c1-7(6-17-2)18-10-4-3-8(19(12,15)16)5-9(10)11(13)14/h3-5,7H,6H2,1-2H3,(H,13,14). The molecule has 1 atom stereocenters. The minimum absolute atomic E-state index is 0.0566. The highest BCUT2D eigenvalue weighted by Crippen LogP contribution is 2.25. The Hall–Kier alpha value is -1.31. The highest BCUT2D eigenvalue weighted by Gasteiger charge is 2.19. The summed E-state index contributed by atoms with van der Waals surface area (Å²) in [6.07, 6.45) is -0.374. The average molecular weight is 309 g/mol. The van der Waals surface area contributed by atoms with Crippen molar-refractivity contribution in [3.05, 3.63) is 23.8 Å². The zero-order chi connectivity index (χ0) is 14.6. The molecule has 0 amide bonds. The molecule has 1 rings (SSSR count). The number of carboxylic acids is 1. The molecule has 19 heavy (non-hydrogen) atoms. The molecule has 6 nitrogen and oxygen atoms in total. The van der Waals surface area contributed by atoms with Crippen molar-refractivity contribution in [2.45, 2.75) is 17.9 Å². The highest BCUT2D eigenvalue weighted by atomic mass is 35.7. The van der Waals surface area contributed by atoms with Gasteiger partial charge in [0.1, 0.15) is 17.4 Å². The lowest BCUT2D eigenvalue weighted by Gasteiger charge is -2.15. The van der Waals surface area contributed by atoms with E-state index in [1.165, 1.54) is 19.2 Å². The van der Waals surface area contributed by atoms with Crippen LogP contribution in [-0.4, -0.2) is 39.3 Å². The zero-order valence-electron chi connectivity index (χ0n) is 10.3. The van der Waals surface area contributed by atoms with Crippen LogP contribution in [-0.2, 0) is 13.8 Å². The van der Waals surface area contributed by atoms with Gasteiger partial charge in [-0.2, -0.15) is 0 Å². The molecule has 0 aromatic heterocycles. The molecule has 8 heteroatoms. The van der Waals surface area contributed by atoms with Crippen LogP contribution in [0.2, 0.25) is 0 Å². The summed E-state index contributed by atoms with van der Waals surface area (Å²) in [5, 5.41) is 9.05. The fourth-order valence-corrected chi connectivity index (χ4v) is 2.19. The Morgan fingerprint density at radius 2 is 2.11 bits per heavy atom. The molecule has 1 aromatic rings. The van der Waals surface area contributed by atoms with Crippen LogP contribution in [0.4, 0.5) is 0 Å². The zero-order valence-corrected chi connectivity index (χ0v) is 11.9. The lowest BCUT2D eigenvalue weighted by molar-refractivity contribution is 0.0673. The lowest BCUT2D eigenvalue weighted by Crippen LogP contribution is -2.19. The molecule has 0 aliphatic heterocycles. The predicted octanol–water partition coefficient (Wildman–Crippen LogP) is 1.73. The predicted molar refractivity (Wildman–Crippen MR) is 68.4 cm³/mol. The summed E-state index contributed by atoms with van der Waals surface area (Å²) in [5.74, 6) is -1.25. The summed E-state index contributed by atoms with van der Waals surface area (Å²) in [7, 11) is 2.66. The number of rotatable bonds is 6. The highest BCUT2D eigenvalue weighted by molar-refractivity contribution is 8.13. The van der Waals surface area contributed by atoms with E-state index in [2.05, 4.69) is 0 Å². The van der Waals surface area contributed by atoms with Crippen molar-refractivity contribution in [1.82, 2.24) is 0 Å². The van der Waals surface area contributed by atoms with Crippen molar-refractivity contribution in [1.29, 1.82) is 0 Å². The Balaban J connectivity index is 3.16. The maximum Gasteiger partial charge on any atom is 0.339 e. The molecule has 0 fully saturated rings. The fourth-order valence-electron chi connectivity index (χ4n) is 1.42. The van der Waals surface area contributed by atoms with E-state index in [9.17, 15) is 13.2 Å². The summed E-state index contributed by atoms with van der Waals surface area (Å²) < 4.78 is 32.5. The van der Waals surface area contributed by atoms with E-state index in [0.29, 0.717) is 0 Å². The first-order valence-corrected chi connectivity index (χ1v) is 7.54. The quantitative estimate of drug-likeness (QED) is 0.805. The van der Waals surface area contributed by atoms with Crippen LogP contribution >= 0.6 is 10.7 Å². The second-order valence-corrected chi connectivity index (χ2v) is 6.35. The number of carbonyl (C=O) groups is 1. The number of methoxy groups -OCH3 is 1. The average Bonchev–Trinajstić information content (AvgIpc) is 2.27. The van der Waals surface area contributed by atoms with Crippen molar-refractivity contribution in [2.75, 3.05) is 13.7 Å². The molecule has 1 aromatic carbocycles. The number of aromatic carboxylic acids is 1. The van der Waals surface area contributed by atoms with E-state index in [4.69, 9.17) is 25.3 Å². The monoisotopic (exact) mass is 308 g/mol. The number of carboxylic acid groups (broad SMARTS) is 1. The molecule has 0 aliphatic carbocycles. The number of ether oxygens (including phenoxy) is 2. The molecule has 1 N–H and O–H groups in total. The van der Waals surface area contributed by atoms with Gasteiger partial charge in [0, 0.05) is 17.8 Å². The minimum atomic E-state index is -3.99. The van der Waals surface area contributed by atoms with Gasteiger partial charge in [-0.15, -0.1) is 0 Å². The van der Waals surface area contributed by atoms with Crippen LogP contribution in [0.1, 0.15) is 17.3 Å². The van der Waals surface area contributed by atoms with E-state index < -0.39 is 15.0 Å². The molecule has 0 saturated heterocycles. The van der Waals surface area contributed by atoms with E-state index in [-0.39, 0.29) is 28.9 Å². The fraction of sp³-hybridized carbons (Fsp3) is 0.364. The minimum Gasteiger partial charge on any atom is -0.487 e. The van der Waals surface area contributed by atoms with E-state index >= 15 is 0 Å². The molecular formula is C11H13ClO6S. The van der Waals surface area contributed by atoms with Crippen molar-refractivity contribution >= 4 is 25.7 Å². The Bertz CT molecular complexity index is 569. The molecule has 0 radical (unpaired) electrons. The first-order valence-electron chi connectivity index (χ1n) is 5.23. The molecule has 0 bridgehead atoms. The van der Waals surface area contributed by atoms with Gasteiger partial charge in [-0.05, 0) is 25.1 Å². The van der Waals surface area contributed by atoms with E-state index in [1.807, 2.05) is 0 Å². The van der Waals surface area contributed by atoms with E-state index in [0.717, 1.165) is 6.07 Å². The summed E-state index contributed by atoms with van der Waals surface area (Å²) in [5.41, 5.74) is -0.273. The van der Waals surface area contributed by atoms with Gasteiger partial charge in [-0.25, -0.2) is 13.2 Å². The van der Waals surface area contributed by atoms with Gasteiger partial charge >= 0.3 is 5.97 Å². The molecule has 106 valence electrons. The normalized spacial score (nSPS) is 13.0. The van der Waals surface area contributed by atoms with Crippen LogP contribution < -0.4 is 4.74 Å². The van der Waals surface area contributed by atoms with Gasteiger partial charge < -0.3 is 14.6 Å². The van der Waals surface area contributed by atoms with Gasteiger partial charge in [0.05, 0.1) is 11.5 Å². The Labute approximate surface area is 115 Å². The van der Waals surface area contributed by atoms with Gasteiger partial charge in [0.25, 0.3) is 9.05 Å². The smallest absolute Gasteiger partial charge is 0.339 e. The van der Waals surface area contributed by atoms with Crippen LogP contribution in [0.3, 0.4) is 0 Å². The van der Waals surface area contributed by atoms with Crippen LogP contribution in [0.5, 0.6) is 5.75 Å². The third-order valence-electron chi connectivity index (χ3n) is 2.19. The maximum atomic E-state index is 11.2. The Kier molecular flexibility index (Phi) is 5.16. The molecule has 0 aliphatic rings. The van der Waals surface area contributed by atoms with Gasteiger partial charge in [-0.3, -0.25) is 0 Å².